The molecule has 2 rings (SSSR count). The first-order valence-electron chi connectivity index (χ1n) is 6.66. The van der Waals surface area contributed by atoms with Gasteiger partial charge in [-0.05, 0) is 42.6 Å². The fourth-order valence-corrected chi connectivity index (χ4v) is 2.48. The summed E-state index contributed by atoms with van der Waals surface area (Å²) in [5.41, 5.74) is 21.1. The van der Waals surface area contributed by atoms with Crippen molar-refractivity contribution in [3.05, 3.63) is 46.0 Å². The summed E-state index contributed by atoms with van der Waals surface area (Å²) in [4.78, 5) is 0. The molecule has 0 saturated carbocycles. The molecule has 0 radical (unpaired) electrons. The van der Waals surface area contributed by atoms with Gasteiger partial charge in [0.15, 0.2) is 0 Å². The maximum absolute atomic E-state index is 5.95. The Hall–Kier alpha value is -1.72. The summed E-state index contributed by atoms with van der Waals surface area (Å²) in [6.07, 6.45) is 7.06. The highest BCUT2D eigenvalue weighted by atomic mass is 15.2. The van der Waals surface area contributed by atoms with Crippen LogP contribution >= 0.6 is 0 Å². The van der Waals surface area contributed by atoms with Crippen molar-refractivity contribution in [2.45, 2.75) is 26.2 Å². The minimum absolute atomic E-state index is 0.499. The maximum atomic E-state index is 5.95. The number of hydrazine groups is 1. The summed E-state index contributed by atoms with van der Waals surface area (Å²) < 4.78 is 0. The molecule has 19 heavy (non-hydrogen) atoms. The van der Waals surface area contributed by atoms with Crippen LogP contribution in [0.4, 0.5) is 0 Å². The van der Waals surface area contributed by atoms with Crippen LogP contribution in [0.2, 0.25) is 0 Å². The Morgan fingerprint density at radius 2 is 2.21 bits per heavy atom. The zero-order chi connectivity index (χ0) is 13.8. The Morgan fingerprint density at radius 1 is 1.42 bits per heavy atom. The van der Waals surface area contributed by atoms with Crippen LogP contribution in [0.3, 0.4) is 0 Å². The summed E-state index contributed by atoms with van der Waals surface area (Å²) in [5.74, 6) is 5.50. The van der Waals surface area contributed by atoms with E-state index in [1.165, 1.54) is 11.1 Å². The van der Waals surface area contributed by atoms with Crippen molar-refractivity contribution in [1.82, 2.24) is 10.7 Å². The average molecular weight is 261 g/mol. The molecule has 0 saturated heterocycles. The lowest BCUT2D eigenvalue weighted by atomic mass is 9.91. The molecule has 1 aliphatic carbocycles. The van der Waals surface area contributed by atoms with E-state index in [2.05, 4.69) is 29.8 Å². The molecular formula is C14H23N5. The van der Waals surface area contributed by atoms with E-state index in [4.69, 9.17) is 17.3 Å². The Labute approximate surface area is 114 Å². The molecular weight excluding hydrogens is 238 g/mol. The second kappa shape index (κ2) is 5.95. The van der Waals surface area contributed by atoms with E-state index >= 15 is 0 Å². The summed E-state index contributed by atoms with van der Waals surface area (Å²) in [5, 5.41) is 3.30. The van der Waals surface area contributed by atoms with Crippen LogP contribution in [0.25, 0.3) is 0 Å². The molecule has 5 nitrogen and oxygen atoms in total. The molecule has 0 aromatic rings. The van der Waals surface area contributed by atoms with Crippen molar-refractivity contribution in [3.63, 3.8) is 0 Å². The first-order valence-corrected chi connectivity index (χ1v) is 6.66. The van der Waals surface area contributed by atoms with Gasteiger partial charge in [0.25, 0.3) is 0 Å². The van der Waals surface area contributed by atoms with Crippen LogP contribution < -0.4 is 28.1 Å². The fourth-order valence-electron chi connectivity index (χ4n) is 2.48. The van der Waals surface area contributed by atoms with Gasteiger partial charge in [-0.15, -0.1) is 0 Å². The molecule has 0 fully saturated rings. The highest BCUT2D eigenvalue weighted by Gasteiger charge is 2.14. The molecule has 5 heteroatoms. The number of rotatable bonds is 4. The van der Waals surface area contributed by atoms with Crippen molar-refractivity contribution in [2.24, 2.45) is 17.3 Å². The van der Waals surface area contributed by atoms with Crippen LogP contribution in [0.15, 0.2) is 46.0 Å². The molecule has 1 aliphatic heterocycles. The van der Waals surface area contributed by atoms with Gasteiger partial charge in [-0.2, -0.15) is 0 Å². The van der Waals surface area contributed by atoms with Gasteiger partial charge >= 0.3 is 0 Å². The van der Waals surface area contributed by atoms with Crippen LogP contribution in [0.1, 0.15) is 26.2 Å². The van der Waals surface area contributed by atoms with Crippen molar-refractivity contribution in [3.8, 4) is 0 Å². The normalized spacial score (nSPS) is 20.6. The molecule has 0 bridgehead atoms. The second-order valence-corrected chi connectivity index (χ2v) is 4.96. The largest absolute Gasteiger partial charge is 0.400 e. The molecule has 104 valence electrons. The SMILES string of the molecule is C/C(=C\C1=C(N)CCN1)C1=CC(CN)=C(NN)CC1. The maximum Gasteiger partial charge on any atom is 0.0534 e. The lowest BCUT2D eigenvalue weighted by Crippen LogP contribution is -2.26. The predicted octanol–water partition coefficient (Wildman–Crippen LogP) is 0.493. The van der Waals surface area contributed by atoms with E-state index in [1.54, 1.807) is 0 Å². The quantitative estimate of drug-likeness (QED) is 0.374. The van der Waals surface area contributed by atoms with Crippen LogP contribution in [0, 0.1) is 0 Å². The molecule has 0 aromatic heterocycles. The number of allylic oxidation sites excluding steroid dienone is 4. The third kappa shape index (κ3) is 3.00. The zero-order valence-corrected chi connectivity index (χ0v) is 11.4. The minimum atomic E-state index is 0.499. The van der Waals surface area contributed by atoms with Crippen molar-refractivity contribution in [1.29, 1.82) is 0 Å². The first kappa shape index (κ1) is 13.7. The summed E-state index contributed by atoms with van der Waals surface area (Å²) in [6, 6.07) is 0. The lowest BCUT2D eigenvalue weighted by Gasteiger charge is -2.20. The monoisotopic (exact) mass is 261 g/mol. The molecule has 0 amide bonds. The van der Waals surface area contributed by atoms with E-state index in [-0.39, 0.29) is 0 Å². The number of nitrogens with two attached hydrogens (primary N) is 3. The number of hydrogen-bond acceptors (Lipinski definition) is 5. The minimum Gasteiger partial charge on any atom is -0.400 e. The highest BCUT2D eigenvalue weighted by Crippen LogP contribution is 2.27. The number of hydrogen-bond donors (Lipinski definition) is 5. The van der Waals surface area contributed by atoms with E-state index in [0.29, 0.717) is 6.54 Å². The molecule has 2 aliphatic rings. The molecule has 0 aromatic carbocycles. The van der Waals surface area contributed by atoms with Crippen molar-refractivity contribution in [2.75, 3.05) is 13.1 Å². The van der Waals surface area contributed by atoms with Gasteiger partial charge < -0.3 is 22.2 Å². The van der Waals surface area contributed by atoms with E-state index < -0.39 is 0 Å². The zero-order valence-electron chi connectivity index (χ0n) is 11.4. The van der Waals surface area contributed by atoms with Gasteiger partial charge in [-0.3, -0.25) is 5.84 Å². The highest BCUT2D eigenvalue weighted by molar-refractivity contribution is 5.45. The summed E-state index contributed by atoms with van der Waals surface area (Å²) >= 11 is 0. The van der Waals surface area contributed by atoms with Crippen molar-refractivity contribution < 1.29 is 0 Å². The average Bonchev–Trinajstić information content (AvgIpc) is 2.83. The Balaban J connectivity index is 2.23. The first-order chi connectivity index (χ1) is 9.15. The Bertz CT molecular complexity index is 482. The smallest absolute Gasteiger partial charge is 0.0534 e. The standard InChI is InChI=1S/C14H23N5/c1-9(6-14-12(16)4-5-18-14)10-2-3-13(19-17)11(7-10)8-15/h6-7,18-19H,2-5,8,15-17H2,1H3/b9-6+. The van der Waals surface area contributed by atoms with Gasteiger partial charge in [0, 0.05) is 30.9 Å². The van der Waals surface area contributed by atoms with Gasteiger partial charge in [-0.25, -0.2) is 0 Å². The summed E-state index contributed by atoms with van der Waals surface area (Å²) in [6.45, 7) is 3.54. The van der Waals surface area contributed by atoms with E-state index in [0.717, 1.165) is 48.5 Å². The van der Waals surface area contributed by atoms with E-state index in [9.17, 15) is 0 Å². The Morgan fingerprint density at radius 3 is 2.79 bits per heavy atom. The predicted molar refractivity (Wildman–Crippen MR) is 78.3 cm³/mol. The van der Waals surface area contributed by atoms with Crippen LogP contribution in [-0.2, 0) is 0 Å². The van der Waals surface area contributed by atoms with Crippen LogP contribution in [0.5, 0.6) is 0 Å². The second-order valence-electron chi connectivity index (χ2n) is 4.96. The molecule has 8 N–H and O–H groups in total. The van der Waals surface area contributed by atoms with Crippen molar-refractivity contribution >= 4 is 0 Å². The molecule has 0 unspecified atom stereocenters. The lowest BCUT2D eigenvalue weighted by molar-refractivity contribution is 0.752. The van der Waals surface area contributed by atoms with Gasteiger partial charge in [0.05, 0.1) is 5.70 Å². The van der Waals surface area contributed by atoms with Gasteiger partial charge in [0.2, 0.25) is 0 Å². The molecule has 1 heterocycles. The molecule has 0 atom stereocenters. The van der Waals surface area contributed by atoms with Crippen LogP contribution in [-0.4, -0.2) is 13.1 Å². The number of nitrogens with one attached hydrogen (secondary N) is 2. The van der Waals surface area contributed by atoms with Gasteiger partial charge in [0.1, 0.15) is 0 Å². The Kier molecular flexibility index (Phi) is 4.29. The fraction of sp³-hybridized carbons (Fsp3) is 0.429. The topological polar surface area (TPSA) is 102 Å². The van der Waals surface area contributed by atoms with E-state index in [1.807, 2.05) is 0 Å². The third-order valence-electron chi connectivity index (χ3n) is 3.70. The van der Waals surface area contributed by atoms with Gasteiger partial charge in [-0.1, -0.05) is 6.08 Å². The summed E-state index contributed by atoms with van der Waals surface area (Å²) in [7, 11) is 0. The third-order valence-corrected chi connectivity index (χ3v) is 3.70. The molecule has 0 spiro atoms.